The molecule has 20 heavy (non-hydrogen) atoms. The summed E-state index contributed by atoms with van der Waals surface area (Å²) in [4.78, 5) is 31.8. The molecular formula is C12H8BrN3O2S2. The molecule has 0 aliphatic rings. The van der Waals surface area contributed by atoms with E-state index in [1.54, 1.807) is 0 Å². The molecule has 0 radical (unpaired) electrons. The molecule has 102 valence electrons. The van der Waals surface area contributed by atoms with E-state index in [2.05, 4.69) is 30.9 Å². The largest absolute Gasteiger partial charge is 0.327 e. The van der Waals surface area contributed by atoms with Gasteiger partial charge in [0, 0.05) is 10.2 Å². The first-order chi connectivity index (χ1) is 9.63. The van der Waals surface area contributed by atoms with Crippen molar-refractivity contribution in [3.05, 3.63) is 55.1 Å². The van der Waals surface area contributed by atoms with Crippen molar-refractivity contribution in [3.8, 4) is 0 Å². The van der Waals surface area contributed by atoms with Gasteiger partial charge in [0.1, 0.15) is 4.70 Å². The van der Waals surface area contributed by atoms with Crippen molar-refractivity contribution in [2.45, 2.75) is 10.1 Å². The van der Waals surface area contributed by atoms with Crippen LogP contribution in [0.3, 0.4) is 0 Å². The monoisotopic (exact) mass is 369 g/mol. The number of nitrogens with zero attached hydrogens (tertiary/aromatic N) is 1. The van der Waals surface area contributed by atoms with Gasteiger partial charge < -0.3 is 0 Å². The van der Waals surface area contributed by atoms with Crippen LogP contribution in [0.4, 0.5) is 0 Å². The van der Waals surface area contributed by atoms with Crippen molar-refractivity contribution in [1.82, 2.24) is 15.0 Å². The SMILES string of the molecule is O=c1[nH]c(=O)c2sc(SCc3ccccc3Br)nc2[nH]1. The highest BCUT2D eigenvalue weighted by Crippen LogP contribution is 2.30. The minimum Gasteiger partial charge on any atom is -0.291 e. The number of thiazole rings is 1. The number of aromatic nitrogens is 3. The quantitative estimate of drug-likeness (QED) is 0.695. The summed E-state index contributed by atoms with van der Waals surface area (Å²) in [6, 6.07) is 7.94. The first kappa shape index (κ1) is 13.6. The lowest BCUT2D eigenvalue weighted by atomic mass is 10.2. The van der Waals surface area contributed by atoms with E-state index in [9.17, 15) is 9.59 Å². The Morgan fingerprint density at radius 1 is 1.25 bits per heavy atom. The second kappa shape index (κ2) is 5.55. The predicted molar refractivity (Wildman–Crippen MR) is 84.6 cm³/mol. The Hall–Kier alpha value is -1.38. The normalized spacial score (nSPS) is 11.1. The number of hydrogen-bond acceptors (Lipinski definition) is 5. The third-order valence-electron chi connectivity index (χ3n) is 2.58. The van der Waals surface area contributed by atoms with E-state index in [4.69, 9.17) is 0 Å². The number of hydrogen-bond donors (Lipinski definition) is 2. The van der Waals surface area contributed by atoms with Gasteiger partial charge in [0.2, 0.25) is 0 Å². The highest BCUT2D eigenvalue weighted by molar-refractivity contribution is 9.10. The summed E-state index contributed by atoms with van der Waals surface area (Å²) in [5.41, 5.74) is 0.571. The number of aromatic amines is 2. The standard InChI is InChI=1S/C12H8BrN3O2S2/c13-7-4-2-1-3-6(7)5-19-12-15-9-8(20-12)10(17)16-11(18)14-9/h1-4H,5H2,(H2,14,16,17,18). The molecule has 2 aromatic heterocycles. The fourth-order valence-corrected chi connectivity index (χ4v) is 4.26. The highest BCUT2D eigenvalue weighted by atomic mass is 79.9. The molecule has 0 saturated carbocycles. The summed E-state index contributed by atoms with van der Waals surface area (Å²) in [5, 5.41) is 0. The third kappa shape index (κ3) is 2.72. The second-order valence-electron chi connectivity index (χ2n) is 3.95. The van der Waals surface area contributed by atoms with Gasteiger partial charge >= 0.3 is 5.69 Å². The molecule has 0 spiro atoms. The smallest absolute Gasteiger partial charge is 0.291 e. The van der Waals surface area contributed by atoms with Gasteiger partial charge in [-0.3, -0.25) is 14.8 Å². The van der Waals surface area contributed by atoms with Crippen LogP contribution < -0.4 is 11.2 Å². The van der Waals surface area contributed by atoms with Crippen molar-refractivity contribution in [3.63, 3.8) is 0 Å². The summed E-state index contributed by atoms with van der Waals surface area (Å²) in [6.07, 6.45) is 0. The van der Waals surface area contributed by atoms with Gasteiger partial charge in [-0.15, -0.1) is 11.3 Å². The Morgan fingerprint density at radius 2 is 2.05 bits per heavy atom. The molecule has 2 N–H and O–H groups in total. The lowest BCUT2D eigenvalue weighted by Gasteiger charge is -2.01. The van der Waals surface area contributed by atoms with E-state index in [-0.39, 0.29) is 0 Å². The first-order valence-electron chi connectivity index (χ1n) is 5.63. The maximum Gasteiger partial charge on any atom is 0.327 e. The predicted octanol–water partition coefficient (Wildman–Crippen LogP) is 2.73. The lowest BCUT2D eigenvalue weighted by molar-refractivity contribution is 1.06. The average molecular weight is 370 g/mol. The van der Waals surface area contributed by atoms with Crippen LogP contribution in [0, 0.1) is 0 Å². The number of thioether (sulfide) groups is 1. The summed E-state index contributed by atoms with van der Waals surface area (Å²) in [7, 11) is 0. The average Bonchev–Trinajstić information content (AvgIpc) is 2.81. The molecule has 5 nitrogen and oxygen atoms in total. The zero-order valence-corrected chi connectivity index (χ0v) is 13.2. The topological polar surface area (TPSA) is 78.6 Å². The van der Waals surface area contributed by atoms with Gasteiger partial charge in [-0.2, -0.15) is 0 Å². The number of nitrogens with one attached hydrogen (secondary N) is 2. The molecule has 0 amide bonds. The van der Waals surface area contributed by atoms with Crippen molar-refractivity contribution in [1.29, 1.82) is 0 Å². The zero-order valence-electron chi connectivity index (χ0n) is 9.97. The maximum absolute atomic E-state index is 11.6. The molecule has 1 aromatic carbocycles. The second-order valence-corrected chi connectivity index (χ2v) is 7.02. The minimum absolute atomic E-state index is 0.346. The van der Waals surface area contributed by atoms with Crippen LogP contribution in [0.2, 0.25) is 0 Å². The number of H-pyrrole nitrogens is 2. The fraction of sp³-hybridized carbons (Fsp3) is 0.0833. The van der Waals surface area contributed by atoms with Crippen LogP contribution in [-0.2, 0) is 5.75 Å². The van der Waals surface area contributed by atoms with Gasteiger partial charge in [-0.25, -0.2) is 9.78 Å². The van der Waals surface area contributed by atoms with Crippen LogP contribution >= 0.6 is 39.0 Å². The Balaban J connectivity index is 1.89. The third-order valence-corrected chi connectivity index (χ3v) is 5.60. The zero-order chi connectivity index (χ0) is 14.1. The van der Waals surface area contributed by atoms with E-state index >= 15 is 0 Å². The molecule has 3 aromatic rings. The van der Waals surface area contributed by atoms with Crippen LogP contribution in [0.25, 0.3) is 10.3 Å². The van der Waals surface area contributed by atoms with Crippen molar-refractivity contribution in [2.75, 3.05) is 0 Å². The number of fused-ring (bicyclic) bond motifs is 1. The maximum atomic E-state index is 11.6. The van der Waals surface area contributed by atoms with Gasteiger partial charge in [-0.1, -0.05) is 45.9 Å². The first-order valence-corrected chi connectivity index (χ1v) is 8.22. The Labute approximate surface area is 129 Å². The summed E-state index contributed by atoms with van der Waals surface area (Å²) in [5.74, 6) is 0.739. The molecule has 0 bridgehead atoms. The molecule has 0 atom stereocenters. The van der Waals surface area contributed by atoms with Crippen LogP contribution in [-0.4, -0.2) is 15.0 Å². The number of benzene rings is 1. The van der Waals surface area contributed by atoms with Crippen molar-refractivity contribution < 1.29 is 0 Å². The van der Waals surface area contributed by atoms with Gasteiger partial charge in [0.25, 0.3) is 5.56 Å². The molecular weight excluding hydrogens is 362 g/mol. The van der Waals surface area contributed by atoms with E-state index in [1.165, 1.54) is 23.1 Å². The Bertz CT molecular complexity index is 884. The van der Waals surface area contributed by atoms with Crippen molar-refractivity contribution in [2.24, 2.45) is 0 Å². The lowest BCUT2D eigenvalue weighted by Crippen LogP contribution is -2.20. The Kier molecular flexibility index (Phi) is 3.77. The van der Waals surface area contributed by atoms with Crippen LogP contribution in [0.15, 0.2) is 42.7 Å². The number of halogens is 1. The molecule has 8 heteroatoms. The summed E-state index contributed by atoms with van der Waals surface area (Å²) < 4.78 is 2.24. The summed E-state index contributed by atoms with van der Waals surface area (Å²) in [6.45, 7) is 0. The molecule has 0 fully saturated rings. The van der Waals surface area contributed by atoms with E-state index in [0.29, 0.717) is 10.3 Å². The fourth-order valence-electron chi connectivity index (χ4n) is 1.65. The molecule has 0 unspecified atom stereocenters. The van der Waals surface area contributed by atoms with E-state index in [0.717, 1.165) is 20.1 Å². The molecule has 0 saturated heterocycles. The van der Waals surface area contributed by atoms with Crippen LogP contribution in [0.1, 0.15) is 5.56 Å². The summed E-state index contributed by atoms with van der Waals surface area (Å²) >= 11 is 6.30. The van der Waals surface area contributed by atoms with Gasteiger partial charge in [-0.05, 0) is 11.6 Å². The Morgan fingerprint density at radius 3 is 2.85 bits per heavy atom. The van der Waals surface area contributed by atoms with Gasteiger partial charge in [0.15, 0.2) is 9.99 Å². The molecule has 2 heterocycles. The molecule has 0 aliphatic heterocycles. The van der Waals surface area contributed by atoms with E-state index < -0.39 is 11.2 Å². The molecule has 3 rings (SSSR count). The van der Waals surface area contributed by atoms with Gasteiger partial charge in [0.05, 0.1) is 0 Å². The van der Waals surface area contributed by atoms with Crippen molar-refractivity contribution >= 4 is 49.4 Å². The highest BCUT2D eigenvalue weighted by Gasteiger charge is 2.09. The number of rotatable bonds is 3. The van der Waals surface area contributed by atoms with E-state index in [1.807, 2.05) is 24.3 Å². The molecule has 0 aliphatic carbocycles. The minimum atomic E-state index is -0.532. The van der Waals surface area contributed by atoms with Crippen LogP contribution in [0.5, 0.6) is 0 Å².